The lowest BCUT2D eigenvalue weighted by atomic mass is 9.74. The van der Waals surface area contributed by atoms with Crippen LogP contribution in [0.25, 0.3) is 11.0 Å². The lowest BCUT2D eigenvalue weighted by Crippen LogP contribution is -2.61. The van der Waals surface area contributed by atoms with E-state index in [2.05, 4.69) is 5.32 Å². The van der Waals surface area contributed by atoms with Gasteiger partial charge in [-0.05, 0) is 43.2 Å². The monoisotopic (exact) mass is 484 g/mol. The lowest BCUT2D eigenvalue weighted by molar-refractivity contribution is 0.0698. The number of para-hydroxylation sites is 1. The molecule has 3 N–H and O–H groups in total. The normalized spacial score (nSPS) is 15.4. The molecule has 4 aromatic rings. The van der Waals surface area contributed by atoms with Gasteiger partial charge in [-0.25, -0.2) is 4.79 Å². The molecule has 2 heterocycles. The van der Waals surface area contributed by atoms with E-state index < -0.39 is 11.4 Å². The average molecular weight is 485 g/mol. The summed E-state index contributed by atoms with van der Waals surface area (Å²) >= 11 is 0. The molecule has 0 bridgehead atoms. The molecule has 1 atom stereocenters. The van der Waals surface area contributed by atoms with E-state index in [4.69, 9.17) is 4.42 Å². The van der Waals surface area contributed by atoms with Crippen LogP contribution < -0.4 is 15.6 Å². The molecule has 0 aliphatic carbocycles. The Morgan fingerprint density at radius 3 is 2.47 bits per heavy atom. The van der Waals surface area contributed by atoms with E-state index in [1.165, 1.54) is 6.07 Å². The van der Waals surface area contributed by atoms with Gasteiger partial charge in [0.25, 0.3) is 0 Å². The van der Waals surface area contributed by atoms with Crippen molar-refractivity contribution in [3.63, 3.8) is 0 Å². The van der Waals surface area contributed by atoms with Crippen LogP contribution in [0, 0.1) is 6.92 Å². The average Bonchev–Trinajstić information content (AvgIpc) is 2.84. The summed E-state index contributed by atoms with van der Waals surface area (Å²) < 4.78 is 6.33. The van der Waals surface area contributed by atoms with Crippen LogP contribution in [0.3, 0.4) is 0 Å². The number of nitrogens with zero attached hydrogens (tertiary/aromatic N) is 1. The van der Waals surface area contributed by atoms with Crippen molar-refractivity contribution in [1.29, 1.82) is 0 Å². The zero-order valence-corrected chi connectivity index (χ0v) is 20.2. The van der Waals surface area contributed by atoms with Gasteiger partial charge in [0.2, 0.25) is 0 Å². The lowest BCUT2D eigenvalue weighted by Gasteiger charge is -2.49. The number of aryl methyl sites for hydroxylation is 1. The number of benzene rings is 3. The predicted octanol–water partition coefficient (Wildman–Crippen LogP) is 4.72. The number of hydrogen-bond acceptors (Lipinski definition) is 6. The highest BCUT2D eigenvalue weighted by molar-refractivity contribution is 5.94. The van der Waals surface area contributed by atoms with Crippen molar-refractivity contribution < 1.29 is 19.4 Å². The molecule has 36 heavy (non-hydrogen) atoms. The maximum absolute atomic E-state index is 13.1. The Balaban J connectivity index is 1.51. The third-order valence-electron chi connectivity index (χ3n) is 6.97. The third kappa shape index (κ3) is 4.12. The van der Waals surface area contributed by atoms with Gasteiger partial charge in [-0.1, -0.05) is 48.5 Å². The second-order valence-corrected chi connectivity index (χ2v) is 9.56. The molecule has 7 heteroatoms. The second kappa shape index (κ2) is 9.17. The summed E-state index contributed by atoms with van der Waals surface area (Å²) in [5, 5.41) is 23.5. The number of nitrogens with one attached hydrogen (secondary N) is 1. The van der Waals surface area contributed by atoms with Gasteiger partial charge in [0, 0.05) is 30.4 Å². The van der Waals surface area contributed by atoms with E-state index >= 15 is 0 Å². The quantitative estimate of drug-likeness (QED) is 0.349. The number of hydrogen-bond donors (Lipinski definition) is 3. The standard InChI is InChI=1S/C29H28N2O5/c1-18-12-22(19(2)30-24-11-7-6-10-21(24)28(34)35)27-23(13-18)25(33)14-26(36-27)31-15-29(16-31,17-32)20-8-4-3-5-9-20/h3-14,19,30,32H,15-17H2,1-2H3,(H,34,35). The molecule has 1 aliphatic heterocycles. The van der Waals surface area contributed by atoms with Crippen molar-refractivity contribution in [1.82, 2.24) is 0 Å². The molecular formula is C29H28N2O5. The number of rotatable bonds is 7. The SMILES string of the molecule is Cc1cc(C(C)Nc2ccccc2C(=O)O)c2oc(N3CC(CO)(c4ccccc4)C3)cc(=O)c2c1. The molecule has 0 amide bonds. The minimum atomic E-state index is -1.02. The van der Waals surface area contributed by atoms with Gasteiger partial charge < -0.3 is 24.8 Å². The zero-order chi connectivity index (χ0) is 25.4. The number of carboxylic acid groups (broad SMARTS) is 1. The van der Waals surface area contributed by atoms with Crippen molar-refractivity contribution in [2.75, 3.05) is 29.9 Å². The topological polar surface area (TPSA) is 103 Å². The summed E-state index contributed by atoms with van der Waals surface area (Å²) in [5.74, 6) is -0.562. The largest absolute Gasteiger partial charge is 0.478 e. The molecule has 1 unspecified atom stereocenters. The van der Waals surface area contributed by atoms with Gasteiger partial charge >= 0.3 is 5.97 Å². The number of carboxylic acids is 1. The Morgan fingerprint density at radius 1 is 1.08 bits per heavy atom. The van der Waals surface area contributed by atoms with Gasteiger partial charge in [0.1, 0.15) is 5.58 Å². The van der Waals surface area contributed by atoms with Crippen molar-refractivity contribution >= 4 is 28.5 Å². The molecule has 0 saturated carbocycles. The number of aliphatic hydroxyl groups is 1. The van der Waals surface area contributed by atoms with Crippen LogP contribution in [0.15, 0.2) is 82.0 Å². The third-order valence-corrected chi connectivity index (χ3v) is 6.97. The van der Waals surface area contributed by atoms with Crippen molar-refractivity contribution in [3.8, 4) is 0 Å². The molecule has 1 aliphatic rings. The molecule has 0 radical (unpaired) electrons. The number of anilines is 2. The van der Waals surface area contributed by atoms with E-state index in [1.807, 2.05) is 61.2 Å². The first-order chi connectivity index (χ1) is 17.3. The molecule has 7 nitrogen and oxygen atoms in total. The highest BCUT2D eigenvalue weighted by Gasteiger charge is 2.45. The Labute approximate surface area is 208 Å². The maximum Gasteiger partial charge on any atom is 0.337 e. The van der Waals surface area contributed by atoms with Crippen molar-refractivity contribution in [2.45, 2.75) is 25.3 Å². The molecule has 5 rings (SSSR count). The molecule has 1 saturated heterocycles. The fourth-order valence-electron chi connectivity index (χ4n) is 5.01. The van der Waals surface area contributed by atoms with Crippen LogP contribution in [0.2, 0.25) is 0 Å². The van der Waals surface area contributed by atoms with Crippen LogP contribution in [0.4, 0.5) is 11.6 Å². The fraction of sp³-hybridized carbons (Fsp3) is 0.241. The minimum absolute atomic E-state index is 0.000286. The summed E-state index contributed by atoms with van der Waals surface area (Å²) in [4.78, 5) is 26.8. The Hall–Kier alpha value is -4.10. The molecule has 3 aromatic carbocycles. The first kappa shape index (κ1) is 23.6. The van der Waals surface area contributed by atoms with Crippen molar-refractivity contribution in [2.24, 2.45) is 0 Å². The predicted molar refractivity (Wildman–Crippen MR) is 140 cm³/mol. The highest BCUT2D eigenvalue weighted by atomic mass is 16.4. The minimum Gasteiger partial charge on any atom is -0.478 e. The molecule has 0 spiro atoms. The summed E-state index contributed by atoms with van der Waals surface area (Å²) in [7, 11) is 0. The summed E-state index contributed by atoms with van der Waals surface area (Å²) in [6.45, 7) is 4.89. The van der Waals surface area contributed by atoms with Crippen LogP contribution in [0.5, 0.6) is 0 Å². The summed E-state index contributed by atoms with van der Waals surface area (Å²) in [5.41, 5.74) is 3.31. The van der Waals surface area contributed by atoms with Gasteiger partial charge in [-0.2, -0.15) is 0 Å². The van der Waals surface area contributed by atoms with Crippen LogP contribution >= 0.6 is 0 Å². The highest BCUT2D eigenvalue weighted by Crippen LogP contribution is 2.38. The van der Waals surface area contributed by atoms with E-state index in [-0.39, 0.29) is 23.6 Å². The van der Waals surface area contributed by atoms with Gasteiger partial charge in [-0.15, -0.1) is 0 Å². The van der Waals surface area contributed by atoms with Gasteiger partial charge in [0.05, 0.1) is 29.0 Å². The fourth-order valence-corrected chi connectivity index (χ4v) is 5.01. The van der Waals surface area contributed by atoms with Crippen LogP contribution in [-0.2, 0) is 5.41 Å². The molecule has 1 aromatic heterocycles. The molecule has 1 fully saturated rings. The Bertz CT molecular complexity index is 1490. The van der Waals surface area contributed by atoms with E-state index in [1.54, 1.807) is 24.3 Å². The maximum atomic E-state index is 13.1. The number of carbonyl (C=O) groups is 1. The van der Waals surface area contributed by atoms with E-state index in [0.29, 0.717) is 35.6 Å². The van der Waals surface area contributed by atoms with Crippen molar-refractivity contribution in [3.05, 3.63) is 105 Å². The number of aromatic carboxylic acids is 1. The van der Waals surface area contributed by atoms with Gasteiger partial charge in [0.15, 0.2) is 11.3 Å². The van der Waals surface area contributed by atoms with E-state index in [0.717, 1.165) is 16.7 Å². The van der Waals surface area contributed by atoms with Crippen LogP contribution in [-0.4, -0.2) is 35.9 Å². The second-order valence-electron chi connectivity index (χ2n) is 9.56. The smallest absolute Gasteiger partial charge is 0.337 e. The first-order valence-corrected chi connectivity index (χ1v) is 11.9. The van der Waals surface area contributed by atoms with E-state index in [9.17, 15) is 19.8 Å². The molecular weight excluding hydrogens is 456 g/mol. The summed E-state index contributed by atoms with van der Waals surface area (Å²) in [6.07, 6.45) is 0. The number of aliphatic hydroxyl groups excluding tert-OH is 1. The van der Waals surface area contributed by atoms with Crippen LogP contribution in [0.1, 0.15) is 40.0 Å². The zero-order valence-electron chi connectivity index (χ0n) is 20.2. The summed E-state index contributed by atoms with van der Waals surface area (Å²) in [6, 6.07) is 21.5. The molecule has 184 valence electrons. The Morgan fingerprint density at radius 2 is 1.78 bits per heavy atom. The Kier molecular flexibility index (Phi) is 6.02. The first-order valence-electron chi connectivity index (χ1n) is 11.9. The number of fused-ring (bicyclic) bond motifs is 1. The van der Waals surface area contributed by atoms with Gasteiger partial charge in [-0.3, -0.25) is 4.79 Å².